The van der Waals surface area contributed by atoms with Gasteiger partial charge in [-0.05, 0) is 36.6 Å². The van der Waals surface area contributed by atoms with Crippen molar-refractivity contribution in [1.82, 2.24) is 4.98 Å². The van der Waals surface area contributed by atoms with Crippen molar-refractivity contribution < 1.29 is 4.79 Å². The van der Waals surface area contributed by atoms with E-state index < -0.39 is 0 Å². The van der Waals surface area contributed by atoms with Crippen LogP contribution in [0.25, 0.3) is 0 Å². The molecule has 4 heteroatoms. The molecule has 1 aliphatic rings. The molecule has 0 bridgehead atoms. The number of nitrogens with one attached hydrogen (secondary N) is 1. The molecule has 0 saturated carbocycles. The van der Waals surface area contributed by atoms with Gasteiger partial charge in [-0.1, -0.05) is 18.2 Å². The minimum atomic E-state index is -0.103. The van der Waals surface area contributed by atoms with Crippen LogP contribution in [0.15, 0.2) is 42.6 Å². The van der Waals surface area contributed by atoms with Gasteiger partial charge < -0.3 is 10.2 Å². The molecule has 2 heterocycles. The van der Waals surface area contributed by atoms with Crippen LogP contribution in [0.2, 0.25) is 0 Å². The van der Waals surface area contributed by atoms with Crippen LogP contribution in [0.3, 0.4) is 0 Å². The number of pyridine rings is 1. The zero-order valence-corrected chi connectivity index (χ0v) is 11.5. The smallest absolute Gasteiger partial charge is 0.222 e. The van der Waals surface area contributed by atoms with Crippen LogP contribution in [0.1, 0.15) is 18.9 Å². The number of hydrogen-bond acceptors (Lipinski definition) is 3. The zero-order valence-electron chi connectivity index (χ0n) is 11.5. The first-order chi connectivity index (χ1) is 9.74. The summed E-state index contributed by atoms with van der Waals surface area (Å²) in [6, 6.07) is 12.3. The van der Waals surface area contributed by atoms with E-state index in [1.54, 1.807) is 0 Å². The zero-order chi connectivity index (χ0) is 13.9. The Morgan fingerprint density at radius 3 is 2.85 bits per heavy atom. The molecule has 1 aromatic heterocycles. The fraction of sp³-hybridized carbons (Fsp3) is 0.250. The molecule has 102 valence electrons. The summed E-state index contributed by atoms with van der Waals surface area (Å²) in [6.07, 6.45) is 4.09. The number of benzene rings is 1. The van der Waals surface area contributed by atoms with Crippen molar-refractivity contribution in [2.24, 2.45) is 0 Å². The number of aromatic nitrogens is 1. The number of para-hydroxylation sites is 1. The molecule has 0 saturated heterocycles. The average molecular weight is 267 g/mol. The minimum absolute atomic E-state index is 0.103. The highest BCUT2D eigenvalue weighted by atomic mass is 16.1. The van der Waals surface area contributed by atoms with Crippen molar-refractivity contribution in [3.63, 3.8) is 0 Å². The SMILES string of the molecule is CC(=O)Nc1ccc(N2CCCc3ccccc32)cn1. The lowest BCUT2D eigenvalue weighted by Gasteiger charge is -2.31. The molecule has 20 heavy (non-hydrogen) atoms. The number of nitrogens with zero attached hydrogens (tertiary/aromatic N) is 2. The maximum absolute atomic E-state index is 11.0. The molecule has 1 N–H and O–H groups in total. The number of aryl methyl sites for hydroxylation is 1. The fourth-order valence-electron chi connectivity index (χ4n) is 2.60. The lowest BCUT2D eigenvalue weighted by atomic mass is 10.0. The molecule has 3 rings (SSSR count). The molecule has 4 nitrogen and oxygen atoms in total. The summed E-state index contributed by atoms with van der Waals surface area (Å²) in [7, 11) is 0. The third-order valence-electron chi connectivity index (χ3n) is 3.47. The maximum Gasteiger partial charge on any atom is 0.222 e. The highest BCUT2D eigenvalue weighted by Crippen LogP contribution is 2.32. The normalized spacial score (nSPS) is 13.8. The fourth-order valence-corrected chi connectivity index (χ4v) is 2.60. The Balaban J connectivity index is 1.88. The molecule has 0 unspecified atom stereocenters. The molecule has 1 aromatic carbocycles. The molecule has 1 aliphatic heterocycles. The maximum atomic E-state index is 11.0. The number of carbonyl (C=O) groups excluding carboxylic acids is 1. The second-order valence-electron chi connectivity index (χ2n) is 4.97. The van der Waals surface area contributed by atoms with Crippen molar-refractivity contribution in [3.8, 4) is 0 Å². The molecule has 0 aliphatic carbocycles. The molecule has 0 spiro atoms. The van der Waals surface area contributed by atoms with Gasteiger partial charge in [0.1, 0.15) is 5.82 Å². The van der Waals surface area contributed by atoms with Gasteiger partial charge in [0.25, 0.3) is 0 Å². The quantitative estimate of drug-likeness (QED) is 0.909. The number of carbonyl (C=O) groups is 1. The van der Waals surface area contributed by atoms with Crippen LogP contribution in [0, 0.1) is 0 Å². The third-order valence-corrected chi connectivity index (χ3v) is 3.47. The van der Waals surface area contributed by atoms with Gasteiger partial charge in [0.05, 0.1) is 11.9 Å². The largest absolute Gasteiger partial charge is 0.340 e. The second kappa shape index (κ2) is 5.33. The first-order valence-corrected chi connectivity index (χ1v) is 6.83. The summed E-state index contributed by atoms with van der Waals surface area (Å²) >= 11 is 0. The molecule has 1 amide bonds. The minimum Gasteiger partial charge on any atom is -0.340 e. The van der Waals surface area contributed by atoms with E-state index in [0.717, 1.165) is 25.1 Å². The standard InChI is InChI=1S/C16H17N3O/c1-12(20)18-16-9-8-14(11-17-16)19-10-4-6-13-5-2-3-7-15(13)19/h2-3,5,7-9,11H,4,6,10H2,1H3,(H,17,18,20). The van der Waals surface area contributed by atoms with Gasteiger partial charge in [-0.25, -0.2) is 4.98 Å². The van der Waals surface area contributed by atoms with E-state index in [2.05, 4.69) is 39.5 Å². The Labute approximate surface area is 118 Å². The van der Waals surface area contributed by atoms with Gasteiger partial charge in [0.2, 0.25) is 5.91 Å². The van der Waals surface area contributed by atoms with Crippen LogP contribution >= 0.6 is 0 Å². The van der Waals surface area contributed by atoms with Gasteiger partial charge in [0.15, 0.2) is 0 Å². The summed E-state index contributed by atoms with van der Waals surface area (Å²) in [6.45, 7) is 2.48. The van der Waals surface area contributed by atoms with Gasteiger partial charge in [-0.3, -0.25) is 4.79 Å². The van der Waals surface area contributed by atoms with Crippen LogP contribution < -0.4 is 10.2 Å². The Morgan fingerprint density at radius 1 is 1.25 bits per heavy atom. The molecule has 0 atom stereocenters. The van der Waals surface area contributed by atoms with E-state index >= 15 is 0 Å². The van der Waals surface area contributed by atoms with Gasteiger partial charge in [-0.15, -0.1) is 0 Å². The molecule has 0 radical (unpaired) electrons. The van der Waals surface area contributed by atoms with Crippen LogP contribution in [-0.4, -0.2) is 17.4 Å². The van der Waals surface area contributed by atoms with E-state index in [1.807, 2.05) is 18.3 Å². The van der Waals surface area contributed by atoms with Crippen molar-refractivity contribution >= 4 is 23.1 Å². The van der Waals surface area contributed by atoms with Crippen molar-refractivity contribution in [2.75, 3.05) is 16.8 Å². The Morgan fingerprint density at radius 2 is 2.10 bits per heavy atom. The highest BCUT2D eigenvalue weighted by Gasteiger charge is 2.17. The Kier molecular flexibility index (Phi) is 3.37. The number of anilines is 3. The Bertz CT molecular complexity index is 622. The Hall–Kier alpha value is -2.36. The van der Waals surface area contributed by atoms with Gasteiger partial charge >= 0.3 is 0 Å². The predicted octanol–water partition coefficient (Wildman–Crippen LogP) is 3.12. The molecule has 2 aromatic rings. The lowest BCUT2D eigenvalue weighted by molar-refractivity contribution is -0.114. The molecular weight excluding hydrogens is 250 g/mol. The first kappa shape index (κ1) is 12.7. The monoisotopic (exact) mass is 267 g/mol. The van der Waals surface area contributed by atoms with E-state index in [0.29, 0.717) is 5.82 Å². The van der Waals surface area contributed by atoms with Crippen molar-refractivity contribution in [3.05, 3.63) is 48.2 Å². The second-order valence-corrected chi connectivity index (χ2v) is 4.97. The highest BCUT2D eigenvalue weighted by molar-refractivity contribution is 5.87. The summed E-state index contributed by atoms with van der Waals surface area (Å²) in [5.41, 5.74) is 3.70. The van der Waals surface area contributed by atoms with Gasteiger partial charge in [0, 0.05) is 19.2 Å². The number of hydrogen-bond donors (Lipinski definition) is 1. The van der Waals surface area contributed by atoms with Crippen molar-refractivity contribution in [2.45, 2.75) is 19.8 Å². The number of fused-ring (bicyclic) bond motifs is 1. The average Bonchev–Trinajstić information content (AvgIpc) is 2.47. The van der Waals surface area contributed by atoms with E-state index in [4.69, 9.17) is 0 Å². The molecular formula is C16H17N3O. The summed E-state index contributed by atoms with van der Waals surface area (Å²) in [4.78, 5) is 17.6. The lowest BCUT2D eigenvalue weighted by Crippen LogP contribution is -2.24. The third kappa shape index (κ3) is 2.50. The predicted molar refractivity (Wildman–Crippen MR) is 80.3 cm³/mol. The summed E-state index contributed by atoms with van der Waals surface area (Å²) in [5.74, 6) is 0.486. The van der Waals surface area contributed by atoms with Crippen LogP contribution in [0.4, 0.5) is 17.2 Å². The first-order valence-electron chi connectivity index (χ1n) is 6.83. The van der Waals surface area contributed by atoms with Gasteiger partial charge in [-0.2, -0.15) is 0 Å². The summed E-state index contributed by atoms with van der Waals surface area (Å²) in [5, 5.41) is 2.69. The number of rotatable bonds is 2. The van der Waals surface area contributed by atoms with Crippen molar-refractivity contribution in [1.29, 1.82) is 0 Å². The van der Waals surface area contributed by atoms with Crippen LogP contribution in [-0.2, 0) is 11.2 Å². The molecule has 0 fully saturated rings. The van der Waals surface area contributed by atoms with E-state index in [9.17, 15) is 4.79 Å². The van der Waals surface area contributed by atoms with E-state index in [1.165, 1.54) is 18.2 Å². The van der Waals surface area contributed by atoms with E-state index in [-0.39, 0.29) is 5.91 Å². The van der Waals surface area contributed by atoms with Crippen LogP contribution in [0.5, 0.6) is 0 Å². The topological polar surface area (TPSA) is 45.2 Å². The summed E-state index contributed by atoms with van der Waals surface area (Å²) < 4.78 is 0. The number of amides is 1.